The Kier molecular flexibility index (Phi) is 3.92. The van der Waals surface area contributed by atoms with Crippen molar-refractivity contribution in [3.63, 3.8) is 0 Å². The number of carbonyl (C=O) groups is 2. The third-order valence-corrected chi connectivity index (χ3v) is 5.71. The first-order valence-electron chi connectivity index (χ1n) is 7.96. The maximum Gasteiger partial charge on any atom is 0.230 e. The summed E-state index contributed by atoms with van der Waals surface area (Å²) < 4.78 is 5.56. The van der Waals surface area contributed by atoms with Crippen LogP contribution in [0.25, 0.3) is 0 Å². The minimum atomic E-state index is -0.538. The molecule has 0 unspecified atom stereocenters. The number of ether oxygens (including phenoxy) is 1. The second kappa shape index (κ2) is 5.57. The van der Waals surface area contributed by atoms with E-state index in [9.17, 15) is 9.59 Å². The summed E-state index contributed by atoms with van der Waals surface area (Å²) in [5.74, 6) is 0.0721. The van der Waals surface area contributed by atoms with Crippen molar-refractivity contribution < 1.29 is 14.3 Å². The Bertz CT molecular complexity index is 434. The topological polar surface area (TPSA) is 93.5 Å². The van der Waals surface area contributed by atoms with Crippen molar-refractivity contribution in [1.82, 2.24) is 10.6 Å². The molecule has 0 aromatic rings. The average molecular weight is 295 g/mol. The number of amides is 2. The van der Waals surface area contributed by atoms with Crippen molar-refractivity contribution in [2.24, 2.45) is 22.5 Å². The van der Waals surface area contributed by atoms with E-state index < -0.39 is 10.8 Å². The van der Waals surface area contributed by atoms with Gasteiger partial charge in [-0.05, 0) is 31.7 Å². The fourth-order valence-electron chi connectivity index (χ4n) is 4.16. The molecule has 0 spiro atoms. The lowest BCUT2D eigenvalue weighted by Gasteiger charge is -2.37. The number of carbonyl (C=O) groups excluding carboxylic acids is 2. The Balaban J connectivity index is 1.67. The van der Waals surface area contributed by atoms with E-state index in [2.05, 4.69) is 10.6 Å². The first kappa shape index (κ1) is 14.8. The number of primary amides is 1. The van der Waals surface area contributed by atoms with Gasteiger partial charge in [0.1, 0.15) is 0 Å². The van der Waals surface area contributed by atoms with Gasteiger partial charge in [0.2, 0.25) is 11.8 Å². The van der Waals surface area contributed by atoms with Crippen LogP contribution in [-0.2, 0) is 14.3 Å². The van der Waals surface area contributed by atoms with E-state index in [1.54, 1.807) is 0 Å². The quantitative estimate of drug-likeness (QED) is 0.668. The van der Waals surface area contributed by atoms with Crippen LogP contribution in [0.5, 0.6) is 0 Å². The van der Waals surface area contributed by atoms with Gasteiger partial charge in [0.05, 0.1) is 17.4 Å². The first-order valence-corrected chi connectivity index (χ1v) is 7.96. The van der Waals surface area contributed by atoms with Gasteiger partial charge in [0.15, 0.2) is 0 Å². The van der Waals surface area contributed by atoms with Gasteiger partial charge >= 0.3 is 0 Å². The Morgan fingerprint density at radius 2 is 2.10 bits per heavy atom. The number of nitrogens with one attached hydrogen (secondary N) is 2. The van der Waals surface area contributed by atoms with Crippen molar-refractivity contribution >= 4 is 11.8 Å². The normalized spacial score (nSPS) is 34.4. The fourth-order valence-corrected chi connectivity index (χ4v) is 4.16. The van der Waals surface area contributed by atoms with Crippen LogP contribution in [-0.4, -0.2) is 44.7 Å². The van der Waals surface area contributed by atoms with Crippen LogP contribution in [0.3, 0.4) is 0 Å². The largest absolute Gasteiger partial charge is 0.380 e. The summed E-state index contributed by atoms with van der Waals surface area (Å²) in [5.41, 5.74) is 4.57. The van der Waals surface area contributed by atoms with Crippen LogP contribution in [0.4, 0.5) is 0 Å². The maximum absolute atomic E-state index is 12.7. The van der Waals surface area contributed by atoms with E-state index in [0.29, 0.717) is 25.6 Å². The second-order valence-electron chi connectivity index (χ2n) is 6.86. The van der Waals surface area contributed by atoms with E-state index >= 15 is 0 Å². The Hall–Kier alpha value is -1.14. The molecule has 1 saturated carbocycles. The van der Waals surface area contributed by atoms with Crippen molar-refractivity contribution in [3.8, 4) is 0 Å². The highest BCUT2D eigenvalue weighted by atomic mass is 16.5. The maximum atomic E-state index is 12.7. The van der Waals surface area contributed by atoms with Crippen molar-refractivity contribution in [2.75, 3.05) is 32.8 Å². The number of hydrogen-bond donors (Lipinski definition) is 3. The Morgan fingerprint density at radius 3 is 2.81 bits per heavy atom. The molecule has 0 bridgehead atoms. The van der Waals surface area contributed by atoms with Crippen LogP contribution >= 0.6 is 0 Å². The standard InChI is InChI=1S/C15H25N3O3/c16-12(19)14(4-1-2-5-14)8-18-13(20)15-9-17-7-11(15)3-6-21-10-15/h11,17H,1-10H2,(H2,16,19)(H,18,20)/t11-,15+/m1/s1. The molecule has 21 heavy (non-hydrogen) atoms. The van der Waals surface area contributed by atoms with E-state index in [-0.39, 0.29) is 11.8 Å². The summed E-state index contributed by atoms with van der Waals surface area (Å²) in [4.78, 5) is 24.5. The van der Waals surface area contributed by atoms with Crippen LogP contribution in [0.2, 0.25) is 0 Å². The third kappa shape index (κ3) is 2.44. The van der Waals surface area contributed by atoms with Crippen LogP contribution in [0.15, 0.2) is 0 Å². The summed E-state index contributed by atoms with van der Waals surface area (Å²) in [6.07, 6.45) is 4.51. The fraction of sp³-hybridized carbons (Fsp3) is 0.867. The van der Waals surface area contributed by atoms with Crippen LogP contribution in [0.1, 0.15) is 32.1 Å². The molecular formula is C15H25N3O3. The third-order valence-electron chi connectivity index (χ3n) is 5.71. The van der Waals surface area contributed by atoms with E-state index in [1.165, 1.54) is 0 Å². The molecule has 1 aliphatic carbocycles. The van der Waals surface area contributed by atoms with Crippen molar-refractivity contribution in [3.05, 3.63) is 0 Å². The predicted molar refractivity (Wildman–Crippen MR) is 77.3 cm³/mol. The molecule has 0 radical (unpaired) electrons. The summed E-state index contributed by atoms with van der Waals surface area (Å²) in [6.45, 7) is 3.10. The number of fused-ring (bicyclic) bond motifs is 1. The summed E-state index contributed by atoms with van der Waals surface area (Å²) in [5, 5.41) is 6.33. The average Bonchev–Trinajstić information content (AvgIpc) is 3.12. The zero-order chi connectivity index (χ0) is 14.9. The molecule has 0 aromatic carbocycles. The minimum Gasteiger partial charge on any atom is -0.380 e. The van der Waals surface area contributed by atoms with Gasteiger partial charge in [-0.25, -0.2) is 0 Å². The summed E-state index contributed by atoms with van der Waals surface area (Å²) in [7, 11) is 0. The molecule has 3 fully saturated rings. The molecule has 118 valence electrons. The van der Waals surface area contributed by atoms with Gasteiger partial charge in [0.25, 0.3) is 0 Å². The van der Waals surface area contributed by atoms with Gasteiger partial charge in [-0.15, -0.1) is 0 Å². The first-order chi connectivity index (χ1) is 10.1. The molecule has 2 atom stereocenters. The number of hydrogen-bond acceptors (Lipinski definition) is 4. The van der Waals surface area contributed by atoms with Crippen LogP contribution in [0, 0.1) is 16.7 Å². The summed E-state index contributed by atoms with van der Waals surface area (Å²) >= 11 is 0. The molecule has 2 saturated heterocycles. The molecule has 4 N–H and O–H groups in total. The lowest BCUT2D eigenvalue weighted by molar-refractivity contribution is -0.142. The Labute approximate surface area is 125 Å². The van der Waals surface area contributed by atoms with Gasteiger partial charge in [-0.2, -0.15) is 0 Å². The van der Waals surface area contributed by atoms with E-state index in [1.807, 2.05) is 0 Å². The SMILES string of the molecule is NC(=O)C1(CNC(=O)[C@]23CNC[C@H]2CCOC3)CCCC1. The van der Waals surface area contributed by atoms with Crippen molar-refractivity contribution in [2.45, 2.75) is 32.1 Å². The minimum absolute atomic E-state index is 0.0183. The van der Waals surface area contributed by atoms with E-state index in [0.717, 1.165) is 45.3 Å². The number of nitrogens with two attached hydrogens (primary N) is 1. The lowest BCUT2D eigenvalue weighted by Crippen LogP contribution is -2.54. The second-order valence-corrected chi connectivity index (χ2v) is 6.86. The van der Waals surface area contributed by atoms with E-state index in [4.69, 9.17) is 10.5 Å². The Morgan fingerprint density at radius 1 is 1.33 bits per heavy atom. The number of rotatable bonds is 4. The highest BCUT2D eigenvalue weighted by Crippen LogP contribution is 2.40. The van der Waals surface area contributed by atoms with Gasteiger partial charge in [-0.3, -0.25) is 9.59 Å². The zero-order valence-corrected chi connectivity index (χ0v) is 12.5. The molecule has 3 aliphatic rings. The van der Waals surface area contributed by atoms with Gasteiger partial charge < -0.3 is 21.1 Å². The lowest BCUT2D eigenvalue weighted by atomic mass is 9.74. The smallest absolute Gasteiger partial charge is 0.230 e. The van der Waals surface area contributed by atoms with Crippen LogP contribution < -0.4 is 16.4 Å². The van der Waals surface area contributed by atoms with Gasteiger partial charge in [-0.1, -0.05) is 12.8 Å². The predicted octanol–water partition coefficient (Wildman–Crippen LogP) is -0.226. The monoisotopic (exact) mass is 295 g/mol. The highest BCUT2D eigenvalue weighted by Gasteiger charge is 2.51. The molecule has 2 amide bonds. The van der Waals surface area contributed by atoms with Gasteiger partial charge in [0, 0.05) is 19.7 Å². The molecule has 2 aliphatic heterocycles. The molecule has 2 heterocycles. The zero-order valence-electron chi connectivity index (χ0n) is 12.5. The molecule has 0 aromatic heterocycles. The molecule has 6 heteroatoms. The molecule has 6 nitrogen and oxygen atoms in total. The van der Waals surface area contributed by atoms with Crippen molar-refractivity contribution in [1.29, 1.82) is 0 Å². The summed E-state index contributed by atoms with van der Waals surface area (Å²) in [6, 6.07) is 0. The highest BCUT2D eigenvalue weighted by molar-refractivity contribution is 5.86. The molecular weight excluding hydrogens is 270 g/mol. The molecule has 3 rings (SSSR count).